The minimum absolute atomic E-state index is 0.00117. The Morgan fingerprint density at radius 2 is 1.71 bits per heavy atom. The van der Waals surface area contributed by atoms with Crippen molar-refractivity contribution in [1.82, 2.24) is 10.2 Å². The first-order valence-corrected chi connectivity index (χ1v) is 10.7. The van der Waals surface area contributed by atoms with E-state index in [1.54, 1.807) is 18.2 Å². The SMILES string of the molecule is CCOc1cc(C(=O)NC2CCCCC2)ccc1OCC(=O)N1CCCCC1. The summed E-state index contributed by atoms with van der Waals surface area (Å²) in [6, 6.07) is 5.43. The highest BCUT2D eigenvalue weighted by Gasteiger charge is 2.20. The molecule has 1 aliphatic heterocycles. The van der Waals surface area contributed by atoms with Gasteiger partial charge in [-0.2, -0.15) is 0 Å². The number of nitrogens with zero attached hydrogens (tertiary/aromatic N) is 1. The van der Waals surface area contributed by atoms with Gasteiger partial charge in [0, 0.05) is 24.7 Å². The van der Waals surface area contributed by atoms with Gasteiger partial charge in [0.05, 0.1) is 6.61 Å². The van der Waals surface area contributed by atoms with E-state index in [4.69, 9.17) is 9.47 Å². The summed E-state index contributed by atoms with van der Waals surface area (Å²) in [6.07, 6.45) is 8.99. The summed E-state index contributed by atoms with van der Waals surface area (Å²) in [6.45, 7) is 3.96. The van der Waals surface area contributed by atoms with Crippen molar-refractivity contribution in [3.05, 3.63) is 23.8 Å². The number of carbonyl (C=O) groups is 2. The molecule has 1 aliphatic carbocycles. The van der Waals surface area contributed by atoms with Crippen LogP contribution in [0.25, 0.3) is 0 Å². The highest BCUT2D eigenvalue weighted by molar-refractivity contribution is 5.95. The smallest absolute Gasteiger partial charge is 0.260 e. The number of hydrogen-bond donors (Lipinski definition) is 1. The molecule has 1 saturated heterocycles. The Morgan fingerprint density at radius 3 is 2.43 bits per heavy atom. The number of ether oxygens (including phenoxy) is 2. The predicted octanol–water partition coefficient (Wildman–Crippen LogP) is 3.54. The maximum atomic E-state index is 12.6. The quantitative estimate of drug-likeness (QED) is 0.776. The highest BCUT2D eigenvalue weighted by atomic mass is 16.5. The molecule has 1 aromatic carbocycles. The molecule has 0 unspecified atom stereocenters. The molecule has 2 amide bonds. The monoisotopic (exact) mass is 388 g/mol. The van der Waals surface area contributed by atoms with Crippen LogP contribution in [-0.4, -0.2) is 49.1 Å². The van der Waals surface area contributed by atoms with Crippen LogP contribution >= 0.6 is 0 Å². The number of hydrogen-bond acceptors (Lipinski definition) is 4. The van der Waals surface area contributed by atoms with Crippen LogP contribution < -0.4 is 14.8 Å². The zero-order valence-corrected chi connectivity index (χ0v) is 16.9. The third-order valence-electron chi connectivity index (χ3n) is 5.51. The Bertz CT molecular complexity index is 665. The fraction of sp³-hybridized carbons (Fsp3) is 0.636. The summed E-state index contributed by atoms with van der Waals surface area (Å²) in [7, 11) is 0. The molecule has 2 aliphatic rings. The van der Waals surface area contributed by atoms with Crippen LogP contribution in [0.15, 0.2) is 18.2 Å². The zero-order chi connectivity index (χ0) is 19.8. The lowest BCUT2D eigenvalue weighted by atomic mass is 9.95. The fourth-order valence-corrected chi connectivity index (χ4v) is 3.93. The maximum absolute atomic E-state index is 12.6. The molecule has 1 heterocycles. The van der Waals surface area contributed by atoms with Crippen molar-refractivity contribution in [3.8, 4) is 11.5 Å². The van der Waals surface area contributed by atoms with E-state index in [1.807, 2.05) is 11.8 Å². The van der Waals surface area contributed by atoms with E-state index in [9.17, 15) is 9.59 Å². The molecule has 0 bridgehead atoms. The average Bonchev–Trinajstić information content (AvgIpc) is 2.74. The normalized spacial score (nSPS) is 17.8. The largest absolute Gasteiger partial charge is 0.490 e. The van der Waals surface area contributed by atoms with E-state index in [0.717, 1.165) is 38.8 Å². The van der Waals surface area contributed by atoms with Gasteiger partial charge in [0.2, 0.25) is 0 Å². The van der Waals surface area contributed by atoms with E-state index in [-0.39, 0.29) is 24.5 Å². The number of amides is 2. The summed E-state index contributed by atoms with van der Waals surface area (Å²) < 4.78 is 11.4. The van der Waals surface area contributed by atoms with Crippen molar-refractivity contribution in [3.63, 3.8) is 0 Å². The van der Waals surface area contributed by atoms with Gasteiger partial charge in [0.15, 0.2) is 18.1 Å². The number of piperidine rings is 1. The number of rotatable bonds is 7. The van der Waals surface area contributed by atoms with Gasteiger partial charge in [-0.15, -0.1) is 0 Å². The zero-order valence-electron chi connectivity index (χ0n) is 16.9. The second-order valence-electron chi connectivity index (χ2n) is 7.63. The minimum Gasteiger partial charge on any atom is -0.490 e. The molecule has 154 valence electrons. The van der Waals surface area contributed by atoms with Gasteiger partial charge >= 0.3 is 0 Å². The Morgan fingerprint density at radius 1 is 1.00 bits per heavy atom. The number of likely N-dealkylation sites (tertiary alicyclic amines) is 1. The van der Waals surface area contributed by atoms with E-state index in [1.165, 1.54) is 25.7 Å². The van der Waals surface area contributed by atoms with Crippen molar-refractivity contribution in [2.75, 3.05) is 26.3 Å². The molecule has 0 aromatic heterocycles. The summed E-state index contributed by atoms with van der Waals surface area (Å²) in [5.41, 5.74) is 0.559. The Balaban J connectivity index is 1.61. The van der Waals surface area contributed by atoms with Crippen molar-refractivity contribution in [1.29, 1.82) is 0 Å². The third-order valence-corrected chi connectivity index (χ3v) is 5.51. The lowest BCUT2D eigenvalue weighted by Crippen LogP contribution is -2.38. The van der Waals surface area contributed by atoms with Gasteiger partial charge in [-0.25, -0.2) is 0 Å². The first-order chi connectivity index (χ1) is 13.7. The topological polar surface area (TPSA) is 67.9 Å². The molecule has 2 fully saturated rings. The molecular formula is C22H32N2O4. The number of benzene rings is 1. The molecule has 0 spiro atoms. The van der Waals surface area contributed by atoms with E-state index in [0.29, 0.717) is 23.7 Å². The Hall–Kier alpha value is -2.24. The van der Waals surface area contributed by atoms with Crippen LogP contribution in [0.5, 0.6) is 11.5 Å². The fourth-order valence-electron chi connectivity index (χ4n) is 3.93. The van der Waals surface area contributed by atoms with Gasteiger partial charge in [0.25, 0.3) is 11.8 Å². The lowest BCUT2D eigenvalue weighted by Gasteiger charge is -2.26. The van der Waals surface area contributed by atoms with Crippen LogP contribution in [0.2, 0.25) is 0 Å². The molecule has 0 atom stereocenters. The van der Waals surface area contributed by atoms with Crippen molar-refractivity contribution in [2.45, 2.75) is 64.3 Å². The predicted molar refractivity (Wildman–Crippen MR) is 108 cm³/mol. The second-order valence-corrected chi connectivity index (χ2v) is 7.63. The van der Waals surface area contributed by atoms with E-state index >= 15 is 0 Å². The van der Waals surface area contributed by atoms with Gasteiger partial charge in [-0.05, 0) is 57.2 Å². The molecule has 0 radical (unpaired) electrons. The summed E-state index contributed by atoms with van der Waals surface area (Å²) in [5, 5.41) is 3.12. The molecule has 1 aromatic rings. The molecule has 1 saturated carbocycles. The Kier molecular flexibility index (Phi) is 7.57. The number of carbonyl (C=O) groups excluding carboxylic acids is 2. The van der Waals surface area contributed by atoms with Gasteiger partial charge in [-0.1, -0.05) is 19.3 Å². The van der Waals surface area contributed by atoms with Crippen LogP contribution in [-0.2, 0) is 4.79 Å². The van der Waals surface area contributed by atoms with Crippen LogP contribution in [0.4, 0.5) is 0 Å². The maximum Gasteiger partial charge on any atom is 0.260 e. The van der Waals surface area contributed by atoms with Gasteiger partial charge in [0.1, 0.15) is 0 Å². The third kappa shape index (κ3) is 5.63. The standard InChI is InChI=1S/C22H32N2O4/c1-2-27-20-15-17(22(26)23-18-9-5-3-6-10-18)11-12-19(20)28-16-21(25)24-13-7-4-8-14-24/h11-12,15,18H,2-10,13-14,16H2,1H3,(H,23,26). The minimum atomic E-state index is -0.0798. The van der Waals surface area contributed by atoms with Crippen molar-refractivity contribution >= 4 is 11.8 Å². The first kappa shape index (κ1) is 20.5. The summed E-state index contributed by atoms with van der Waals surface area (Å²) in [5.74, 6) is 0.928. The molecule has 6 nitrogen and oxygen atoms in total. The Labute approximate surface area is 167 Å². The highest BCUT2D eigenvalue weighted by Crippen LogP contribution is 2.29. The summed E-state index contributed by atoms with van der Waals surface area (Å²) >= 11 is 0. The number of nitrogens with one attached hydrogen (secondary N) is 1. The molecular weight excluding hydrogens is 356 g/mol. The van der Waals surface area contributed by atoms with E-state index < -0.39 is 0 Å². The molecule has 3 rings (SSSR count). The molecule has 6 heteroatoms. The summed E-state index contributed by atoms with van der Waals surface area (Å²) in [4.78, 5) is 26.8. The van der Waals surface area contributed by atoms with Crippen LogP contribution in [0, 0.1) is 0 Å². The molecule has 28 heavy (non-hydrogen) atoms. The second kappa shape index (κ2) is 10.3. The van der Waals surface area contributed by atoms with Crippen LogP contribution in [0.1, 0.15) is 68.6 Å². The van der Waals surface area contributed by atoms with Gasteiger partial charge in [-0.3, -0.25) is 9.59 Å². The van der Waals surface area contributed by atoms with Gasteiger partial charge < -0.3 is 19.7 Å². The average molecular weight is 389 g/mol. The first-order valence-electron chi connectivity index (χ1n) is 10.7. The van der Waals surface area contributed by atoms with Crippen molar-refractivity contribution < 1.29 is 19.1 Å². The van der Waals surface area contributed by atoms with Crippen molar-refractivity contribution in [2.24, 2.45) is 0 Å². The lowest BCUT2D eigenvalue weighted by molar-refractivity contribution is -0.134. The van der Waals surface area contributed by atoms with Crippen LogP contribution in [0.3, 0.4) is 0 Å². The van der Waals surface area contributed by atoms with E-state index in [2.05, 4.69) is 5.32 Å². The molecule has 1 N–H and O–H groups in total.